The number of nitrogens with zero attached hydrogens (tertiary/aromatic N) is 3. The molecule has 0 aliphatic heterocycles. The standard InChI is InChI=1S/C16H13ClN4S/c1-11-5-7-13(8-6-11)15-19-20-16(22)21(15)18-10-12-3-2-4-14(17)9-12/h2-10H,1H3,(H,20,22). The Labute approximate surface area is 138 Å². The van der Waals surface area contributed by atoms with Gasteiger partial charge in [0.15, 0.2) is 5.82 Å². The Morgan fingerprint density at radius 3 is 2.73 bits per heavy atom. The molecule has 0 aliphatic rings. The van der Waals surface area contributed by atoms with Crippen molar-refractivity contribution in [2.75, 3.05) is 0 Å². The lowest BCUT2D eigenvalue weighted by molar-refractivity contribution is 0.871. The van der Waals surface area contributed by atoms with Crippen LogP contribution in [0.5, 0.6) is 0 Å². The lowest BCUT2D eigenvalue weighted by Crippen LogP contribution is -1.95. The highest BCUT2D eigenvalue weighted by Gasteiger charge is 2.07. The summed E-state index contributed by atoms with van der Waals surface area (Å²) in [5.74, 6) is 0.670. The second-order valence-electron chi connectivity index (χ2n) is 4.83. The smallest absolute Gasteiger partial charge is 0.216 e. The third-order valence-corrected chi connectivity index (χ3v) is 3.63. The molecule has 0 amide bonds. The molecule has 0 saturated carbocycles. The van der Waals surface area contributed by atoms with E-state index >= 15 is 0 Å². The van der Waals surface area contributed by atoms with Crippen LogP contribution in [0.4, 0.5) is 0 Å². The van der Waals surface area contributed by atoms with Crippen molar-refractivity contribution in [1.82, 2.24) is 14.9 Å². The number of hydrogen-bond donors (Lipinski definition) is 1. The average Bonchev–Trinajstić information content (AvgIpc) is 2.87. The van der Waals surface area contributed by atoms with Crippen LogP contribution in [0.2, 0.25) is 5.02 Å². The minimum atomic E-state index is 0.439. The van der Waals surface area contributed by atoms with Crippen LogP contribution in [0.15, 0.2) is 53.6 Å². The molecule has 0 spiro atoms. The number of aromatic nitrogens is 3. The Morgan fingerprint density at radius 1 is 1.23 bits per heavy atom. The lowest BCUT2D eigenvalue weighted by atomic mass is 10.1. The van der Waals surface area contributed by atoms with Crippen molar-refractivity contribution in [3.63, 3.8) is 0 Å². The summed E-state index contributed by atoms with van der Waals surface area (Å²) >= 11 is 11.2. The van der Waals surface area contributed by atoms with E-state index in [2.05, 4.69) is 15.3 Å². The van der Waals surface area contributed by atoms with E-state index in [1.807, 2.05) is 55.5 Å². The summed E-state index contributed by atoms with van der Waals surface area (Å²) in [5.41, 5.74) is 3.03. The molecule has 3 rings (SSSR count). The molecule has 2 aromatic carbocycles. The average molecular weight is 329 g/mol. The van der Waals surface area contributed by atoms with E-state index < -0.39 is 0 Å². The van der Waals surface area contributed by atoms with E-state index in [0.717, 1.165) is 11.1 Å². The topological polar surface area (TPSA) is 46.0 Å². The molecule has 4 nitrogen and oxygen atoms in total. The van der Waals surface area contributed by atoms with Gasteiger partial charge in [-0.05, 0) is 36.8 Å². The molecule has 1 aromatic heterocycles. The van der Waals surface area contributed by atoms with Crippen LogP contribution in [0.1, 0.15) is 11.1 Å². The highest BCUT2D eigenvalue weighted by Crippen LogP contribution is 2.18. The first kappa shape index (κ1) is 14.7. The van der Waals surface area contributed by atoms with Gasteiger partial charge in [-0.1, -0.05) is 53.6 Å². The molecule has 0 unspecified atom stereocenters. The number of halogens is 1. The van der Waals surface area contributed by atoms with Crippen LogP contribution < -0.4 is 0 Å². The lowest BCUT2D eigenvalue weighted by Gasteiger charge is -2.01. The second kappa shape index (κ2) is 6.25. The molecular weight excluding hydrogens is 316 g/mol. The van der Waals surface area contributed by atoms with Gasteiger partial charge in [0.1, 0.15) is 0 Å². The number of nitrogens with one attached hydrogen (secondary N) is 1. The molecule has 0 bridgehead atoms. The number of benzene rings is 2. The van der Waals surface area contributed by atoms with Crippen LogP contribution in [0.3, 0.4) is 0 Å². The zero-order valence-electron chi connectivity index (χ0n) is 11.8. The van der Waals surface area contributed by atoms with E-state index in [1.165, 1.54) is 5.56 Å². The van der Waals surface area contributed by atoms with Crippen molar-refractivity contribution >= 4 is 30.0 Å². The molecule has 3 aromatic rings. The number of aromatic amines is 1. The van der Waals surface area contributed by atoms with Crippen molar-refractivity contribution < 1.29 is 0 Å². The molecule has 22 heavy (non-hydrogen) atoms. The normalized spacial score (nSPS) is 11.2. The van der Waals surface area contributed by atoms with Gasteiger partial charge in [0.2, 0.25) is 4.77 Å². The van der Waals surface area contributed by atoms with Crippen molar-refractivity contribution in [2.24, 2.45) is 5.10 Å². The fourth-order valence-electron chi connectivity index (χ4n) is 2.00. The minimum Gasteiger partial charge on any atom is -0.250 e. The molecule has 0 fully saturated rings. The molecule has 0 aliphatic carbocycles. The van der Waals surface area contributed by atoms with Crippen LogP contribution in [0.25, 0.3) is 11.4 Å². The number of H-pyrrole nitrogens is 1. The Morgan fingerprint density at radius 2 is 2.00 bits per heavy atom. The largest absolute Gasteiger partial charge is 0.250 e. The van der Waals surface area contributed by atoms with E-state index in [4.69, 9.17) is 23.8 Å². The first-order valence-electron chi connectivity index (χ1n) is 6.68. The van der Waals surface area contributed by atoms with E-state index in [1.54, 1.807) is 10.9 Å². The van der Waals surface area contributed by atoms with E-state index in [-0.39, 0.29) is 0 Å². The predicted octanol–water partition coefficient (Wildman–Crippen LogP) is 4.45. The molecular formula is C16H13ClN4S. The first-order valence-corrected chi connectivity index (χ1v) is 7.46. The van der Waals surface area contributed by atoms with Crippen molar-refractivity contribution in [3.05, 3.63) is 69.5 Å². The predicted molar refractivity (Wildman–Crippen MR) is 92.0 cm³/mol. The fraction of sp³-hybridized carbons (Fsp3) is 0.0625. The third kappa shape index (κ3) is 3.16. The van der Waals surface area contributed by atoms with Crippen LogP contribution in [-0.4, -0.2) is 21.1 Å². The SMILES string of the molecule is Cc1ccc(-c2n[nH]c(=S)n2N=Cc2cccc(Cl)c2)cc1. The zero-order valence-corrected chi connectivity index (χ0v) is 13.4. The van der Waals surface area contributed by atoms with Crippen molar-refractivity contribution in [3.8, 4) is 11.4 Å². The molecule has 110 valence electrons. The Bertz CT molecular complexity index is 878. The second-order valence-corrected chi connectivity index (χ2v) is 5.65. The quantitative estimate of drug-likeness (QED) is 0.570. The maximum atomic E-state index is 5.97. The summed E-state index contributed by atoms with van der Waals surface area (Å²) in [5, 5.41) is 12.1. The summed E-state index contributed by atoms with van der Waals surface area (Å²) in [6.07, 6.45) is 1.70. The minimum absolute atomic E-state index is 0.439. The molecule has 0 saturated heterocycles. The van der Waals surface area contributed by atoms with Gasteiger partial charge in [-0.2, -0.15) is 14.9 Å². The molecule has 0 atom stereocenters. The fourth-order valence-corrected chi connectivity index (χ4v) is 2.38. The van der Waals surface area contributed by atoms with E-state index in [9.17, 15) is 0 Å². The summed E-state index contributed by atoms with van der Waals surface area (Å²) in [7, 11) is 0. The van der Waals surface area contributed by atoms with Crippen LogP contribution in [0, 0.1) is 11.7 Å². The summed E-state index contributed by atoms with van der Waals surface area (Å²) in [6, 6.07) is 15.5. The van der Waals surface area contributed by atoms with Crippen LogP contribution in [-0.2, 0) is 0 Å². The van der Waals surface area contributed by atoms with Crippen molar-refractivity contribution in [1.29, 1.82) is 0 Å². The molecule has 0 radical (unpaired) electrons. The van der Waals surface area contributed by atoms with Gasteiger partial charge in [-0.25, -0.2) is 5.10 Å². The maximum absolute atomic E-state index is 5.97. The maximum Gasteiger partial charge on any atom is 0.216 e. The third-order valence-electron chi connectivity index (χ3n) is 3.13. The summed E-state index contributed by atoms with van der Waals surface area (Å²) in [4.78, 5) is 0. The molecule has 6 heteroatoms. The van der Waals surface area contributed by atoms with Gasteiger partial charge >= 0.3 is 0 Å². The Hall–Kier alpha value is -2.24. The molecule has 1 heterocycles. The number of aryl methyl sites for hydroxylation is 1. The van der Waals surface area contributed by atoms with Gasteiger partial charge < -0.3 is 0 Å². The monoisotopic (exact) mass is 328 g/mol. The Balaban J connectivity index is 1.99. The van der Waals surface area contributed by atoms with Crippen molar-refractivity contribution in [2.45, 2.75) is 6.92 Å². The van der Waals surface area contributed by atoms with Gasteiger partial charge in [0.05, 0.1) is 6.21 Å². The highest BCUT2D eigenvalue weighted by molar-refractivity contribution is 7.71. The highest BCUT2D eigenvalue weighted by atomic mass is 35.5. The number of hydrogen-bond acceptors (Lipinski definition) is 3. The first-order chi connectivity index (χ1) is 10.6. The Kier molecular flexibility index (Phi) is 4.18. The van der Waals surface area contributed by atoms with Gasteiger partial charge in [0.25, 0.3) is 0 Å². The van der Waals surface area contributed by atoms with Gasteiger partial charge in [-0.3, -0.25) is 0 Å². The van der Waals surface area contributed by atoms with E-state index in [0.29, 0.717) is 15.6 Å². The zero-order chi connectivity index (χ0) is 15.5. The summed E-state index contributed by atoms with van der Waals surface area (Å²) < 4.78 is 2.04. The number of rotatable bonds is 3. The van der Waals surface area contributed by atoms with Gasteiger partial charge in [0, 0.05) is 10.6 Å². The van der Waals surface area contributed by atoms with Crippen LogP contribution >= 0.6 is 23.8 Å². The summed E-state index contributed by atoms with van der Waals surface area (Å²) in [6.45, 7) is 2.04. The molecule has 1 N–H and O–H groups in total. The van der Waals surface area contributed by atoms with Gasteiger partial charge in [-0.15, -0.1) is 0 Å².